The molecule has 0 bridgehead atoms. The van der Waals surface area contributed by atoms with Gasteiger partial charge in [-0.05, 0) is 60.7 Å². The molecule has 4 rings (SSSR count). The van der Waals surface area contributed by atoms with Gasteiger partial charge >= 0.3 is 6.18 Å². The lowest BCUT2D eigenvalue weighted by Crippen LogP contribution is -2.21. The van der Waals surface area contributed by atoms with Gasteiger partial charge in [-0.25, -0.2) is 0 Å². The number of fused-ring (bicyclic) bond motifs is 1. The van der Waals surface area contributed by atoms with Crippen LogP contribution < -0.4 is 10.6 Å². The third-order valence-corrected chi connectivity index (χ3v) is 4.77. The number of carbonyl (C=O) groups is 2. The van der Waals surface area contributed by atoms with Gasteiger partial charge in [0.15, 0.2) is 0 Å². The van der Waals surface area contributed by atoms with Gasteiger partial charge < -0.3 is 10.6 Å². The summed E-state index contributed by atoms with van der Waals surface area (Å²) in [7, 11) is 0. The van der Waals surface area contributed by atoms with E-state index in [-0.39, 0.29) is 5.69 Å². The maximum atomic E-state index is 12.8. The number of hydrogen-bond donors (Lipinski definition) is 3. The molecule has 0 spiro atoms. The topological polar surface area (TPSA) is 99.8 Å². The number of anilines is 2. The summed E-state index contributed by atoms with van der Waals surface area (Å²) >= 11 is 0. The Labute approximate surface area is 191 Å². The zero-order valence-electron chi connectivity index (χ0n) is 17.6. The van der Waals surface area contributed by atoms with Crippen LogP contribution in [-0.2, 0) is 15.8 Å². The van der Waals surface area contributed by atoms with Crippen LogP contribution in [0.3, 0.4) is 0 Å². The highest BCUT2D eigenvalue weighted by molar-refractivity contribution is 6.08. The summed E-state index contributed by atoms with van der Waals surface area (Å²) in [6.45, 7) is 0. The molecule has 0 unspecified atom stereocenters. The molecule has 2 aromatic heterocycles. The number of aromatic amines is 1. The van der Waals surface area contributed by atoms with Crippen LogP contribution in [-0.4, -0.2) is 27.0 Å². The van der Waals surface area contributed by atoms with E-state index in [2.05, 4.69) is 25.8 Å². The van der Waals surface area contributed by atoms with E-state index in [1.54, 1.807) is 24.4 Å². The van der Waals surface area contributed by atoms with Gasteiger partial charge in [-0.15, -0.1) is 0 Å². The van der Waals surface area contributed by atoms with Crippen LogP contribution in [0.1, 0.15) is 23.4 Å². The fourth-order valence-electron chi connectivity index (χ4n) is 3.21. The molecular formula is C24H18F3N5O2. The second-order valence-corrected chi connectivity index (χ2v) is 7.31. The van der Waals surface area contributed by atoms with E-state index in [0.29, 0.717) is 16.9 Å². The molecule has 0 fully saturated rings. The Morgan fingerprint density at radius 3 is 2.38 bits per heavy atom. The summed E-state index contributed by atoms with van der Waals surface area (Å²) in [4.78, 5) is 28.6. The molecule has 0 radical (unpaired) electrons. The van der Waals surface area contributed by atoms with Crippen molar-refractivity contribution in [2.24, 2.45) is 0 Å². The van der Waals surface area contributed by atoms with Gasteiger partial charge in [-0.2, -0.15) is 18.3 Å². The number of alkyl halides is 3. The number of carbonyl (C=O) groups excluding carboxylic acids is 2. The molecule has 0 saturated carbocycles. The van der Waals surface area contributed by atoms with E-state index >= 15 is 0 Å². The fraction of sp³-hybridized carbons (Fsp3) is 0.0833. The van der Waals surface area contributed by atoms with Crippen molar-refractivity contribution in [1.29, 1.82) is 0 Å². The number of halogens is 3. The minimum absolute atomic E-state index is 0.0437. The molecule has 2 heterocycles. The van der Waals surface area contributed by atoms with Crippen LogP contribution in [0, 0.1) is 0 Å². The van der Waals surface area contributed by atoms with Gasteiger partial charge in [0.1, 0.15) is 6.42 Å². The number of hydrogen-bond acceptors (Lipinski definition) is 4. The highest BCUT2D eigenvalue weighted by Gasteiger charge is 2.30. The second kappa shape index (κ2) is 9.57. The van der Waals surface area contributed by atoms with Crippen LogP contribution in [0.5, 0.6) is 0 Å². The van der Waals surface area contributed by atoms with Crippen LogP contribution in [0.4, 0.5) is 24.5 Å². The lowest BCUT2D eigenvalue weighted by molar-refractivity contribution is -0.137. The number of nitrogens with zero attached hydrogens (tertiary/aromatic N) is 2. The van der Waals surface area contributed by atoms with Gasteiger partial charge in [0.05, 0.1) is 22.5 Å². The zero-order valence-corrected chi connectivity index (χ0v) is 17.6. The van der Waals surface area contributed by atoms with Gasteiger partial charge in [0.25, 0.3) is 0 Å². The SMILES string of the molecule is O=C(CC(=O)Nc1ccc2c(C=Cc3ccccn3)n[nH]c2c1)Nc1cccc(C(F)(F)F)c1. The molecule has 0 atom stereocenters. The molecule has 2 amide bonds. The number of rotatable bonds is 6. The minimum atomic E-state index is -4.53. The number of amides is 2. The van der Waals surface area contributed by atoms with Crippen LogP contribution in [0.15, 0.2) is 66.9 Å². The standard InChI is InChI=1S/C24H18F3N5O2/c25-24(26,27)15-4-3-6-17(12-15)29-22(33)14-23(34)30-18-7-9-19-20(31-32-21(19)13-18)10-8-16-5-1-2-11-28-16/h1-13H,14H2,(H,29,33)(H,30,34)(H,31,32). The maximum absolute atomic E-state index is 12.8. The van der Waals surface area contributed by atoms with Crippen molar-refractivity contribution < 1.29 is 22.8 Å². The minimum Gasteiger partial charge on any atom is -0.326 e. The van der Waals surface area contributed by atoms with Crippen LogP contribution in [0.2, 0.25) is 0 Å². The summed E-state index contributed by atoms with van der Waals surface area (Å²) in [5.74, 6) is -1.35. The number of benzene rings is 2. The lowest BCUT2D eigenvalue weighted by Gasteiger charge is -2.10. The molecule has 34 heavy (non-hydrogen) atoms. The zero-order chi connectivity index (χ0) is 24.1. The number of H-pyrrole nitrogens is 1. The van der Waals surface area contributed by atoms with Crippen molar-refractivity contribution in [3.8, 4) is 0 Å². The Morgan fingerprint density at radius 2 is 1.68 bits per heavy atom. The summed E-state index contributed by atoms with van der Waals surface area (Å²) < 4.78 is 38.4. The average Bonchev–Trinajstić information content (AvgIpc) is 3.20. The Kier molecular flexibility index (Phi) is 6.39. The number of aromatic nitrogens is 3. The number of nitrogens with one attached hydrogen (secondary N) is 3. The highest BCUT2D eigenvalue weighted by Crippen LogP contribution is 2.30. The Balaban J connectivity index is 1.37. The lowest BCUT2D eigenvalue weighted by atomic mass is 10.1. The van der Waals surface area contributed by atoms with Gasteiger partial charge in [0, 0.05) is 23.0 Å². The summed E-state index contributed by atoms with van der Waals surface area (Å²) in [5, 5.41) is 12.9. The summed E-state index contributed by atoms with van der Waals surface area (Å²) in [6.07, 6.45) is 0.246. The predicted molar refractivity (Wildman–Crippen MR) is 123 cm³/mol. The first-order chi connectivity index (χ1) is 16.3. The van der Waals surface area contributed by atoms with E-state index < -0.39 is 30.0 Å². The quantitative estimate of drug-likeness (QED) is 0.345. The summed E-state index contributed by atoms with van der Waals surface area (Å²) in [5.41, 5.74) is 1.65. The monoisotopic (exact) mass is 465 g/mol. The molecule has 0 aliphatic heterocycles. The third-order valence-electron chi connectivity index (χ3n) is 4.77. The molecule has 0 saturated heterocycles. The van der Waals surface area contributed by atoms with Gasteiger partial charge in [-0.1, -0.05) is 12.1 Å². The van der Waals surface area contributed by atoms with Crippen LogP contribution in [0.25, 0.3) is 23.1 Å². The smallest absolute Gasteiger partial charge is 0.326 e. The Hall–Kier alpha value is -4.47. The van der Waals surface area contributed by atoms with Crippen molar-refractivity contribution >= 4 is 46.2 Å². The number of pyridine rings is 1. The Bertz CT molecular complexity index is 1360. The van der Waals surface area contributed by atoms with E-state index in [1.165, 1.54) is 12.1 Å². The Morgan fingerprint density at radius 1 is 0.912 bits per heavy atom. The normalized spacial score (nSPS) is 11.6. The molecule has 0 aliphatic rings. The first-order valence-electron chi connectivity index (χ1n) is 10.1. The predicted octanol–water partition coefficient (Wildman–Crippen LogP) is 5.11. The maximum Gasteiger partial charge on any atom is 0.416 e. The third kappa shape index (κ3) is 5.66. The van der Waals surface area contributed by atoms with Gasteiger partial charge in [-0.3, -0.25) is 19.7 Å². The largest absolute Gasteiger partial charge is 0.416 e. The fourth-order valence-corrected chi connectivity index (χ4v) is 3.21. The van der Waals surface area contributed by atoms with Crippen molar-refractivity contribution in [2.45, 2.75) is 12.6 Å². The van der Waals surface area contributed by atoms with E-state index in [4.69, 9.17) is 0 Å². The molecule has 172 valence electrons. The van der Waals surface area contributed by atoms with Crippen LogP contribution >= 0.6 is 0 Å². The van der Waals surface area contributed by atoms with Gasteiger partial charge in [0.2, 0.25) is 11.8 Å². The van der Waals surface area contributed by atoms with E-state index in [0.717, 1.165) is 23.2 Å². The van der Waals surface area contributed by atoms with E-state index in [9.17, 15) is 22.8 Å². The molecule has 4 aromatic rings. The highest BCUT2D eigenvalue weighted by atomic mass is 19.4. The average molecular weight is 465 g/mol. The van der Waals surface area contributed by atoms with Crippen molar-refractivity contribution in [3.63, 3.8) is 0 Å². The molecule has 0 aliphatic carbocycles. The molecule has 2 aromatic carbocycles. The van der Waals surface area contributed by atoms with Crippen molar-refractivity contribution in [2.75, 3.05) is 10.6 Å². The van der Waals surface area contributed by atoms with Crippen molar-refractivity contribution in [3.05, 3.63) is 83.8 Å². The first-order valence-corrected chi connectivity index (χ1v) is 10.1. The molecule has 7 nitrogen and oxygen atoms in total. The summed E-state index contributed by atoms with van der Waals surface area (Å²) in [6, 6.07) is 14.9. The molecular weight excluding hydrogens is 447 g/mol. The van der Waals surface area contributed by atoms with Crippen molar-refractivity contribution in [1.82, 2.24) is 15.2 Å². The first kappa shape index (κ1) is 22.7. The second-order valence-electron chi connectivity index (χ2n) is 7.31. The van der Waals surface area contributed by atoms with E-state index in [1.807, 2.05) is 30.4 Å². The molecule has 10 heteroatoms. The molecule has 3 N–H and O–H groups in total.